The van der Waals surface area contributed by atoms with E-state index in [0.29, 0.717) is 12.1 Å². The van der Waals surface area contributed by atoms with Gasteiger partial charge in [0, 0.05) is 42.9 Å². The Morgan fingerprint density at radius 2 is 2.12 bits per heavy atom. The summed E-state index contributed by atoms with van der Waals surface area (Å²) in [5, 5.41) is 30.7. The third-order valence-corrected chi connectivity index (χ3v) is 2.38. The average molecular weight is 259 g/mol. The highest BCUT2D eigenvalue weighted by molar-refractivity contribution is 6.31. The van der Waals surface area contributed by atoms with Crippen molar-refractivity contribution in [3.8, 4) is 0 Å². The van der Waals surface area contributed by atoms with Crippen LogP contribution in [0.2, 0.25) is 0 Å². The molecular weight excluding hydrogens is 240 g/mol. The van der Waals surface area contributed by atoms with E-state index < -0.39 is 6.10 Å². The van der Waals surface area contributed by atoms with Crippen molar-refractivity contribution in [2.24, 2.45) is 0 Å². The van der Waals surface area contributed by atoms with Gasteiger partial charge in [0.15, 0.2) is 0 Å². The molecule has 0 rings (SSSR count). The van der Waals surface area contributed by atoms with Gasteiger partial charge in [-0.05, 0) is 13.8 Å². The van der Waals surface area contributed by atoms with Crippen LogP contribution in [0.4, 0.5) is 0 Å². The molecule has 0 radical (unpaired) electrons. The van der Waals surface area contributed by atoms with Gasteiger partial charge >= 0.3 is 0 Å². The largest absolute Gasteiger partial charge is 0.394 e. The lowest BCUT2D eigenvalue weighted by molar-refractivity contribution is 0.257. The van der Waals surface area contributed by atoms with E-state index >= 15 is 0 Å². The van der Waals surface area contributed by atoms with E-state index in [-0.39, 0.29) is 16.4 Å². The third-order valence-electron chi connectivity index (χ3n) is 2.04. The zero-order valence-electron chi connectivity index (χ0n) is 10.3. The highest BCUT2D eigenvalue weighted by atomic mass is 35.5. The zero-order valence-corrected chi connectivity index (χ0v) is 11.0. The number of hydrogen-bond acceptors (Lipinski definition) is 5. The highest BCUT2D eigenvalue weighted by Crippen LogP contribution is 2.17. The fourth-order valence-corrected chi connectivity index (χ4v) is 1.65. The van der Waals surface area contributed by atoms with Gasteiger partial charge in [0.25, 0.3) is 0 Å². The van der Waals surface area contributed by atoms with Crippen LogP contribution in [0, 0.1) is 10.8 Å². The van der Waals surface area contributed by atoms with Crippen LogP contribution >= 0.6 is 11.6 Å². The van der Waals surface area contributed by atoms with Crippen molar-refractivity contribution in [3.63, 3.8) is 0 Å². The molecule has 5 N–H and O–H groups in total. The summed E-state index contributed by atoms with van der Waals surface area (Å²) in [4.78, 5) is 0. The van der Waals surface area contributed by atoms with Crippen LogP contribution in [0.3, 0.4) is 0 Å². The molecule has 0 fully saturated rings. The van der Waals surface area contributed by atoms with E-state index in [0.717, 1.165) is 6.21 Å². The van der Waals surface area contributed by atoms with E-state index in [1.165, 1.54) is 6.20 Å². The van der Waals surface area contributed by atoms with Crippen molar-refractivity contribution in [2.75, 3.05) is 13.6 Å². The van der Waals surface area contributed by atoms with Crippen molar-refractivity contribution in [3.05, 3.63) is 22.5 Å². The zero-order chi connectivity index (χ0) is 13.4. The van der Waals surface area contributed by atoms with Crippen LogP contribution in [0.25, 0.3) is 0 Å². The number of aliphatic hydroxyl groups excluding tert-OH is 1. The first kappa shape index (κ1) is 15.7. The highest BCUT2D eigenvalue weighted by Gasteiger charge is 2.20. The van der Waals surface area contributed by atoms with Gasteiger partial charge in [-0.15, -0.1) is 0 Å². The second-order valence-corrected chi connectivity index (χ2v) is 3.74. The predicted octanol–water partition coefficient (Wildman–Crippen LogP) is 1.20. The Balaban J connectivity index is 5.35. The second-order valence-electron chi connectivity index (χ2n) is 3.36. The molecular formula is C11H19ClN4O. The Labute approximate surface area is 107 Å². The van der Waals surface area contributed by atoms with Crippen molar-refractivity contribution in [1.82, 2.24) is 10.6 Å². The predicted molar refractivity (Wildman–Crippen MR) is 71.9 cm³/mol. The molecule has 0 saturated heterocycles. The Kier molecular flexibility index (Phi) is 7.25. The van der Waals surface area contributed by atoms with E-state index in [2.05, 4.69) is 10.6 Å². The fourth-order valence-electron chi connectivity index (χ4n) is 1.27. The van der Waals surface area contributed by atoms with Crippen LogP contribution in [0.15, 0.2) is 22.5 Å². The molecule has 17 heavy (non-hydrogen) atoms. The summed E-state index contributed by atoms with van der Waals surface area (Å²) in [6.45, 7) is 4.00. The molecule has 0 aliphatic heterocycles. The molecule has 0 aromatic rings. The summed E-state index contributed by atoms with van der Waals surface area (Å²) < 4.78 is 0. The summed E-state index contributed by atoms with van der Waals surface area (Å²) in [5.41, 5.74) is 0.774. The summed E-state index contributed by atoms with van der Waals surface area (Å²) in [6.07, 6.45) is 1.43. The van der Waals surface area contributed by atoms with Gasteiger partial charge in [0.2, 0.25) is 0 Å². The quantitative estimate of drug-likeness (QED) is 0.351. The van der Waals surface area contributed by atoms with Crippen molar-refractivity contribution < 1.29 is 5.11 Å². The first-order chi connectivity index (χ1) is 7.99. The normalized spacial score (nSPS) is 14.8. The molecule has 0 bridgehead atoms. The van der Waals surface area contributed by atoms with Crippen LogP contribution in [0.5, 0.6) is 0 Å². The molecule has 1 atom stereocenters. The molecule has 96 valence electrons. The minimum absolute atomic E-state index is 0.160. The standard InChI is InChI=1S/C11H19ClN4O/c1-4-16-11(12)9(7(2)14)10(17)8(5-13)6-15-3/h5-6,10,13-17H,4H2,1-3H3/b8-6+,11-9+,13-5?,14-7?. The fraction of sp³-hybridized carbons (Fsp3) is 0.455. The SMILES string of the molecule is CCN/C(Cl)=C(\C(C)=N)C(O)/C(C=N)=C/NC. The van der Waals surface area contributed by atoms with Gasteiger partial charge in [-0.1, -0.05) is 11.6 Å². The maximum atomic E-state index is 10.1. The van der Waals surface area contributed by atoms with Crippen molar-refractivity contribution in [1.29, 1.82) is 10.8 Å². The topological polar surface area (TPSA) is 92.0 Å². The van der Waals surface area contributed by atoms with Crippen molar-refractivity contribution in [2.45, 2.75) is 20.0 Å². The summed E-state index contributed by atoms with van der Waals surface area (Å²) >= 11 is 5.98. The number of aliphatic hydroxyl groups is 1. The maximum Gasteiger partial charge on any atom is 0.112 e. The first-order valence-corrected chi connectivity index (χ1v) is 5.62. The summed E-state index contributed by atoms with van der Waals surface area (Å²) in [7, 11) is 1.67. The first-order valence-electron chi connectivity index (χ1n) is 5.24. The minimum Gasteiger partial charge on any atom is -0.394 e. The number of hydrogen-bond donors (Lipinski definition) is 5. The summed E-state index contributed by atoms with van der Waals surface area (Å²) in [6, 6.07) is 0. The number of nitrogens with one attached hydrogen (secondary N) is 4. The van der Waals surface area contributed by atoms with Gasteiger partial charge in [-0.2, -0.15) is 0 Å². The van der Waals surface area contributed by atoms with Crippen molar-refractivity contribution >= 4 is 23.5 Å². The molecule has 0 aliphatic rings. The molecule has 0 amide bonds. The van der Waals surface area contributed by atoms with Crippen LogP contribution in [-0.4, -0.2) is 36.7 Å². The smallest absolute Gasteiger partial charge is 0.112 e. The Morgan fingerprint density at radius 1 is 1.53 bits per heavy atom. The molecule has 0 heterocycles. The van der Waals surface area contributed by atoms with Crippen LogP contribution in [-0.2, 0) is 0 Å². The van der Waals surface area contributed by atoms with Gasteiger partial charge in [0.1, 0.15) is 11.3 Å². The minimum atomic E-state index is -1.09. The van der Waals surface area contributed by atoms with Gasteiger partial charge in [-0.3, -0.25) is 0 Å². The van der Waals surface area contributed by atoms with Gasteiger partial charge in [0.05, 0.1) is 0 Å². The lowest BCUT2D eigenvalue weighted by atomic mass is 10.0. The van der Waals surface area contributed by atoms with E-state index in [1.54, 1.807) is 14.0 Å². The molecule has 0 saturated carbocycles. The lowest BCUT2D eigenvalue weighted by Gasteiger charge is -2.17. The Hall–Kier alpha value is -1.33. The Bertz CT molecular complexity index is 349. The molecule has 0 spiro atoms. The van der Waals surface area contributed by atoms with Crippen LogP contribution in [0.1, 0.15) is 13.8 Å². The third kappa shape index (κ3) is 4.58. The molecule has 5 nitrogen and oxygen atoms in total. The average Bonchev–Trinajstić information content (AvgIpc) is 2.25. The lowest BCUT2D eigenvalue weighted by Crippen LogP contribution is -2.25. The Morgan fingerprint density at radius 3 is 2.47 bits per heavy atom. The molecule has 0 aromatic heterocycles. The monoisotopic (exact) mass is 258 g/mol. The summed E-state index contributed by atoms with van der Waals surface area (Å²) in [5.74, 6) is 0. The van der Waals surface area contributed by atoms with Gasteiger partial charge in [-0.25, -0.2) is 0 Å². The molecule has 0 aliphatic carbocycles. The van der Waals surface area contributed by atoms with E-state index in [1.807, 2.05) is 6.92 Å². The second kappa shape index (κ2) is 7.86. The van der Waals surface area contributed by atoms with E-state index in [9.17, 15) is 5.11 Å². The molecule has 0 aromatic carbocycles. The van der Waals surface area contributed by atoms with Gasteiger partial charge < -0.3 is 26.6 Å². The van der Waals surface area contributed by atoms with E-state index in [4.69, 9.17) is 22.4 Å². The maximum absolute atomic E-state index is 10.1. The number of rotatable bonds is 7. The van der Waals surface area contributed by atoms with Crippen LogP contribution < -0.4 is 10.6 Å². The number of halogens is 1. The molecule has 6 heteroatoms. The molecule has 1 unspecified atom stereocenters.